The maximum Gasteiger partial charge on any atom is 0.124 e. The van der Waals surface area contributed by atoms with Gasteiger partial charge in [0, 0.05) is 37.8 Å². The normalized spacial score (nSPS) is 16.8. The molecule has 1 aromatic carbocycles. The van der Waals surface area contributed by atoms with Crippen LogP contribution in [0.2, 0.25) is 0 Å². The van der Waals surface area contributed by atoms with Crippen LogP contribution < -0.4 is 5.32 Å². The zero-order valence-corrected chi connectivity index (χ0v) is 19.4. The molecule has 2 N–H and O–H groups in total. The Morgan fingerprint density at radius 2 is 1.63 bits per heavy atom. The Kier molecular flexibility index (Phi) is 9.88. The Hall–Kier alpha value is -0.740. The Morgan fingerprint density at radius 3 is 2.07 bits per heavy atom. The number of hydrogen-bond donors (Lipinski definition) is 2. The van der Waals surface area contributed by atoms with Gasteiger partial charge in [0.2, 0.25) is 0 Å². The van der Waals surface area contributed by atoms with Gasteiger partial charge in [-0.2, -0.15) is 0 Å². The number of halogens is 2. The van der Waals surface area contributed by atoms with Gasteiger partial charge in [0.05, 0.1) is 0 Å². The van der Waals surface area contributed by atoms with Crippen molar-refractivity contribution in [1.29, 1.82) is 0 Å². The third-order valence-corrected chi connectivity index (χ3v) is 5.15. The Bertz CT molecular complexity index is 612. The van der Waals surface area contributed by atoms with E-state index in [0.717, 1.165) is 43.7 Å². The molecular formula is C22H38Cl2N2O. The molecule has 1 aliphatic heterocycles. The van der Waals surface area contributed by atoms with Crippen LogP contribution in [0.5, 0.6) is 5.75 Å². The quantitative estimate of drug-likeness (QED) is 0.648. The topological polar surface area (TPSA) is 35.5 Å². The Labute approximate surface area is 178 Å². The molecule has 2 rings (SSSR count). The lowest BCUT2D eigenvalue weighted by Crippen LogP contribution is -2.45. The average molecular weight is 417 g/mol. The van der Waals surface area contributed by atoms with Gasteiger partial charge in [0.15, 0.2) is 0 Å². The first-order valence-corrected chi connectivity index (χ1v) is 9.49. The molecule has 1 heterocycles. The van der Waals surface area contributed by atoms with E-state index >= 15 is 0 Å². The van der Waals surface area contributed by atoms with E-state index in [1.54, 1.807) is 0 Å². The summed E-state index contributed by atoms with van der Waals surface area (Å²) in [6.45, 7) is 21.2. The molecule has 3 nitrogen and oxygen atoms in total. The van der Waals surface area contributed by atoms with Gasteiger partial charge in [-0.15, -0.1) is 31.4 Å². The van der Waals surface area contributed by atoms with Crippen molar-refractivity contribution in [2.24, 2.45) is 0 Å². The van der Waals surface area contributed by atoms with Gasteiger partial charge in [-0.3, -0.25) is 4.90 Å². The number of hydrogen-bond acceptors (Lipinski definition) is 3. The van der Waals surface area contributed by atoms with Gasteiger partial charge in [0.1, 0.15) is 5.75 Å². The first kappa shape index (κ1) is 26.3. The van der Waals surface area contributed by atoms with Gasteiger partial charge in [-0.1, -0.05) is 53.7 Å². The molecule has 0 radical (unpaired) electrons. The van der Waals surface area contributed by atoms with E-state index in [4.69, 9.17) is 0 Å². The summed E-state index contributed by atoms with van der Waals surface area (Å²) >= 11 is 0. The van der Waals surface area contributed by atoms with E-state index in [1.807, 2.05) is 6.08 Å². The van der Waals surface area contributed by atoms with Crippen LogP contribution in [0.1, 0.15) is 70.7 Å². The highest BCUT2D eigenvalue weighted by molar-refractivity contribution is 5.85. The number of phenolic OH excluding ortho intramolecular Hbond substituents is 1. The SMILES string of the molecule is C=CC[C@@H](c1cc(C(C)(C)C)cc(C(C)(C)C)c1O)N1CCNCC1.Cl.Cl. The minimum atomic E-state index is -0.0950. The predicted octanol–water partition coefficient (Wildman–Crippen LogP) is 5.35. The van der Waals surface area contributed by atoms with Crippen LogP contribution in [0.15, 0.2) is 24.8 Å². The molecule has 0 unspecified atom stereocenters. The number of nitrogens with one attached hydrogen (secondary N) is 1. The molecule has 156 valence electrons. The highest BCUT2D eigenvalue weighted by atomic mass is 35.5. The number of phenols is 1. The minimum Gasteiger partial charge on any atom is -0.507 e. The average Bonchev–Trinajstić information content (AvgIpc) is 2.52. The number of rotatable bonds is 4. The Morgan fingerprint density at radius 1 is 1.07 bits per heavy atom. The van der Waals surface area contributed by atoms with Gasteiger partial charge < -0.3 is 10.4 Å². The van der Waals surface area contributed by atoms with Crippen LogP contribution in [-0.2, 0) is 10.8 Å². The summed E-state index contributed by atoms with van der Waals surface area (Å²) in [5.74, 6) is 0.464. The molecule has 1 aliphatic rings. The van der Waals surface area contributed by atoms with Gasteiger partial charge in [-0.25, -0.2) is 0 Å². The monoisotopic (exact) mass is 416 g/mol. The van der Waals surface area contributed by atoms with E-state index in [1.165, 1.54) is 5.56 Å². The smallest absolute Gasteiger partial charge is 0.124 e. The highest BCUT2D eigenvalue weighted by Gasteiger charge is 2.30. The molecule has 1 atom stereocenters. The summed E-state index contributed by atoms with van der Waals surface area (Å²) in [5.41, 5.74) is 3.33. The summed E-state index contributed by atoms with van der Waals surface area (Å²) in [4.78, 5) is 2.48. The predicted molar refractivity (Wildman–Crippen MR) is 122 cm³/mol. The first-order valence-electron chi connectivity index (χ1n) is 9.49. The zero-order chi connectivity index (χ0) is 18.8. The molecule has 27 heavy (non-hydrogen) atoms. The molecule has 0 aliphatic carbocycles. The zero-order valence-electron chi connectivity index (χ0n) is 17.8. The van der Waals surface area contributed by atoms with Crippen LogP contribution in [0.4, 0.5) is 0 Å². The molecule has 0 bridgehead atoms. The standard InChI is InChI=1S/C22H36N2O.2ClH/c1-8-9-19(24-12-10-23-11-13-24)17-14-16(21(2,3)4)15-18(20(17)25)22(5,6)7;;/h8,14-15,19,23,25H,1,9-13H2,2-7H3;2*1H/t19-;;/m0../s1. The summed E-state index contributed by atoms with van der Waals surface area (Å²) in [5, 5.41) is 14.6. The molecule has 0 amide bonds. The second-order valence-corrected chi connectivity index (χ2v) is 9.29. The summed E-state index contributed by atoms with van der Waals surface area (Å²) in [6, 6.07) is 4.60. The summed E-state index contributed by atoms with van der Waals surface area (Å²) < 4.78 is 0. The van der Waals surface area contributed by atoms with E-state index in [-0.39, 0.29) is 41.7 Å². The lowest BCUT2D eigenvalue weighted by atomic mass is 9.77. The van der Waals surface area contributed by atoms with E-state index in [2.05, 4.69) is 70.5 Å². The van der Waals surface area contributed by atoms with Crippen LogP contribution in [0.3, 0.4) is 0 Å². The van der Waals surface area contributed by atoms with Crippen molar-refractivity contribution in [1.82, 2.24) is 10.2 Å². The van der Waals surface area contributed by atoms with E-state index in [9.17, 15) is 5.11 Å². The van der Waals surface area contributed by atoms with Gasteiger partial charge >= 0.3 is 0 Å². The summed E-state index contributed by atoms with van der Waals surface area (Å²) in [6.07, 6.45) is 2.83. The molecule has 0 aromatic heterocycles. The van der Waals surface area contributed by atoms with Crippen LogP contribution in [0, 0.1) is 0 Å². The fourth-order valence-corrected chi connectivity index (χ4v) is 3.54. The number of aromatic hydroxyl groups is 1. The second-order valence-electron chi connectivity index (χ2n) is 9.29. The number of nitrogens with zero attached hydrogens (tertiary/aromatic N) is 1. The fraction of sp³-hybridized carbons (Fsp3) is 0.636. The first-order chi connectivity index (χ1) is 11.6. The number of piperazine rings is 1. The van der Waals surface area contributed by atoms with Gasteiger partial charge in [-0.05, 0) is 34.4 Å². The van der Waals surface area contributed by atoms with Crippen molar-refractivity contribution in [3.05, 3.63) is 41.5 Å². The third-order valence-electron chi connectivity index (χ3n) is 5.15. The lowest BCUT2D eigenvalue weighted by Gasteiger charge is -2.37. The van der Waals surface area contributed by atoms with E-state index in [0.29, 0.717) is 5.75 Å². The molecule has 1 fully saturated rings. The largest absolute Gasteiger partial charge is 0.507 e. The van der Waals surface area contributed by atoms with Crippen molar-refractivity contribution in [2.75, 3.05) is 26.2 Å². The molecule has 1 aromatic rings. The molecule has 1 saturated heterocycles. The molecule has 5 heteroatoms. The highest BCUT2D eigenvalue weighted by Crippen LogP contribution is 2.42. The molecule has 0 spiro atoms. The van der Waals surface area contributed by atoms with Crippen LogP contribution >= 0.6 is 24.8 Å². The third kappa shape index (κ3) is 6.39. The van der Waals surface area contributed by atoms with Crippen molar-refractivity contribution in [3.8, 4) is 5.75 Å². The lowest BCUT2D eigenvalue weighted by molar-refractivity contribution is 0.171. The maximum absolute atomic E-state index is 11.2. The molecule has 0 saturated carbocycles. The minimum absolute atomic E-state index is 0. The van der Waals surface area contributed by atoms with Crippen molar-refractivity contribution < 1.29 is 5.11 Å². The van der Waals surface area contributed by atoms with Crippen molar-refractivity contribution in [3.63, 3.8) is 0 Å². The summed E-state index contributed by atoms with van der Waals surface area (Å²) in [7, 11) is 0. The Balaban J connectivity index is 0.00000338. The maximum atomic E-state index is 11.2. The van der Waals surface area contributed by atoms with Crippen molar-refractivity contribution >= 4 is 24.8 Å². The van der Waals surface area contributed by atoms with Crippen LogP contribution in [-0.4, -0.2) is 36.2 Å². The van der Waals surface area contributed by atoms with Crippen LogP contribution in [0.25, 0.3) is 0 Å². The fourth-order valence-electron chi connectivity index (χ4n) is 3.54. The van der Waals surface area contributed by atoms with Gasteiger partial charge in [0.25, 0.3) is 0 Å². The number of benzene rings is 1. The van der Waals surface area contributed by atoms with Crippen molar-refractivity contribution in [2.45, 2.75) is 64.8 Å². The van der Waals surface area contributed by atoms with E-state index < -0.39 is 0 Å². The molecular weight excluding hydrogens is 379 g/mol. The second kappa shape index (κ2) is 10.2.